The minimum absolute atomic E-state index is 0.341. The molecule has 108 valence electrons. The Labute approximate surface area is 113 Å². The van der Waals surface area contributed by atoms with Gasteiger partial charge in [-0.15, -0.1) is 0 Å². The molecule has 0 rings (SSSR count). The van der Waals surface area contributed by atoms with Crippen LogP contribution < -0.4 is 0 Å². The number of carbonyl (C=O) groups is 1. The molecule has 0 radical (unpaired) electrons. The molecule has 0 aromatic heterocycles. The van der Waals surface area contributed by atoms with Gasteiger partial charge in [0.2, 0.25) is 0 Å². The first kappa shape index (κ1) is 17.5. The smallest absolute Gasteiger partial charge is 0.303 e. The van der Waals surface area contributed by atoms with Crippen molar-refractivity contribution in [2.75, 3.05) is 0 Å². The third-order valence-electron chi connectivity index (χ3n) is 3.81. The molecule has 0 aliphatic rings. The van der Waals surface area contributed by atoms with Crippen molar-refractivity contribution in [3.63, 3.8) is 0 Å². The molecule has 1 unspecified atom stereocenters. The quantitative estimate of drug-likeness (QED) is 0.483. The van der Waals surface area contributed by atoms with Gasteiger partial charge in [0.1, 0.15) is 0 Å². The van der Waals surface area contributed by atoms with Crippen LogP contribution in [0.15, 0.2) is 0 Å². The highest BCUT2D eigenvalue weighted by Crippen LogP contribution is 2.22. The summed E-state index contributed by atoms with van der Waals surface area (Å²) >= 11 is 0. The van der Waals surface area contributed by atoms with Crippen LogP contribution in [0.3, 0.4) is 0 Å². The van der Waals surface area contributed by atoms with Gasteiger partial charge in [-0.05, 0) is 18.3 Å². The molecule has 0 amide bonds. The van der Waals surface area contributed by atoms with E-state index in [1.165, 1.54) is 51.4 Å². The van der Waals surface area contributed by atoms with Gasteiger partial charge in [-0.25, -0.2) is 0 Å². The number of unbranched alkanes of at least 4 members (excludes halogenated alkanes) is 7. The van der Waals surface area contributed by atoms with Crippen LogP contribution in [0.2, 0.25) is 0 Å². The summed E-state index contributed by atoms with van der Waals surface area (Å²) in [5, 5.41) is 8.86. The highest BCUT2D eigenvalue weighted by molar-refractivity contribution is 5.67. The zero-order chi connectivity index (χ0) is 13.8. The van der Waals surface area contributed by atoms with E-state index in [0.717, 1.165) is 6.42 Å². The molecule has 18 heavy (non-hydrogen) atoms. The molecule has 2 nitrogen and oxygen atoms in total. The summed E-state index contributed by atoms with van der Waals surface area (Å²) in [6.45, 7) is 6.52. The number of hydrogen-bond donors (Lipinski definition) is 1. The lowest BCUT2D eigenvalue weighted by molar-refractivity contribution is -0.138. The molecule has 1 N–H and O–H groups in total. The third kappa shape index (κ3) is 10.6. The molecule has 0 saturated heterocycles. The van der Waals surface area contributed by atoms with Crippen molar-refractivity contribution >= 4 is 5.97 Å². The summed E-state index contributed by atoms with van der Waals surface area (Å²) in [6.07, 6.45) is 12.0. The molecule has 0 spiro atoms. The first-order valence-corrected chi connectivity index (χ1v) is 7.79. The SMILES string of the molecule is CCCCCCCCCCC(CC(=O)O)C(C)C. The van der Waals surface area contributed by atoms with E-state index >= 15 is 0 Å². The third-order valence-corrected chi connectivity index (χ3v) is 3.81. The van der Waals surface area contributed by atoms with Crippen molar-refractivity contribution in [3.8, 4) is 0 Å². The largest absolute Gasteiger partial charge is 0.481 e. The number of rotatable bonds is 12. The predicted molar refractivity (Wildman–Crippen MR) is 77.8 cm³/mol. The fourth-order valence-corrected chi connectivity index (χ4v) is 2.44. The molecular formula is C16H32O2. The Hall–Kier alpha value is -0.530. The molecule has 1 atom stereocenters. The van der Waals surface area contributed by atoms with Crippen LogP contribution in [0.4, 0.5) is 0 Å². The van der Waals surface area contributed by atoms with Crippen molar-refractivity contribution in [1.29, 1.82) is 0 Å². The van der Waals surface area contributed by atoms with E-state index in [1.54, 1.807) is 0 Å². The zero-order valence-electron chi connectivity index (χ0n) is 12.6. The molecular weight excluding hydrogens is 224 g/mol. The minimum Gasteiger partial charge on any atom is -0.481 e. The van der Waals surface area contributed by atoms with Gasteiger partial charge in [-0.2, -0.15) is 0 Å². The molecule has 2 heteroatoms. The van der Waals surface area contributed by atoms with Crippen LogP contribution in [-0.2, 0) is 4.79 Å². The summed E-state index contributed by atoms with van der Waals surface area (Å²) in [7, 11) is 0. The number of aliphatic carboxylic acids is 1. The lowest BCUT2D eigenvalue weighted by atomic mass is 9.87. The average molecular weight is 256 g/mol. The van der Waals surface area contributed by atoms with Gasteiger partial charge >= 0.3 is 5.97 Å². The second-order valence-electron chi connectivity index (χ2n) is 5.87. The lowest BCUT2D eigenvalue weighted by Gasteiger charge is -2.18. The number of carboxylic acids is 1. The van der Waals surface area contributed by atoms with Crippen LogP contribution in [0.25, 0.3) is 0 Å². The molecule has 0 aliphatic carbocycles. The van der Waals surface area contributed by atoms with Gasteiger partial charge in [0.05, 0.1) is 0 Å². The molecule has 0 fully saturated rings. The predicted octanol–water partition coefficient (Wildman–Crippen LogP) is 5.26. The van der Waals surface area contributed by atoms with Gasteiger partial charge in [0.25, 0.3) is 0 Å². The Morgan fingerprint density at radius 2 is 1.44 bits per heavy atom. The van der Waals surface area contributed by atoms with E-state index in [9.17, 15) is 4.79 Å². The first-order chi connectivity index (χ1) is 8.57. The van der Waals surface area contributed by atoms with Gasteiger partial charge in [-0.3, -0.25) is 4.79 Å². The average Bonchev–Trinajstić information content (AvgIpc) is 2.30. The van der Waals surface area contributed by atoms with Gasteiger partial charge in [0, 0.05) is 6.42 Å². The Morgan fingerprint density at radius 3 is 1.89 bits per heavy atom. The van der Waals surface area contributed by atoms with E-state index < -0.39 is 5.97 Å². The minimum atomic E-state index is -0.645. The summed E-state index contributed by atoms with van der Waals surface area (Å²) in [6, 6.07) is 0. The standard InChI is InChI=1S/C16H32O2/c1-4-5-6-7-8-9-10-11-12-15(14(2)3)13-16(17)18/h14-15H,4-13H2,1-3H3,(H,17,18). The monoisotopic (exact) mass is 256 g/mol. The second kappa shape index (κ2) is 11.6. The highest BCUT2D eigenvalue weighted by Gasteiger charge is 2.16. The second-order valence-corrected chi connectivity index (χ2v) is 5.87. The summed E-state index contributed by atoms with van der Waals surface area (Å²) < 4.78 is 0. The lowest BCUT2D eigenvalue weighted by Crippen LogP contribution is -2.13. The maximum absolute atomic E-state index is 10.7. The summed E-state index contributed by atoms with van der Waals surface area (Å²) in [4.78, 5) is 10.7. The number of hydrogen-bond acceptors (Lipinski definition) is 1. The van der Waals surface area contributed by atoms with Crippen LogP contribution >= 0.6 is 0 Å². The maximum Gasteiger partial charge on any atom is 0.303 e. The van der Waals surface area contributed by atoms with E-state index in [0.29, 0.717) is 18.3 Å². The summed E-state index contributed by atoms with van der Waals surface area (Å²) in [5.74, 6) is 0.210. The highest BCUT2D eigenvalue weighted by atomic mass is 16.4. The fourth-order valence-electron chi connectivity index (χ4n) is 2.44. The first-order valence-electron chi connectivity index (χ1n) is 7.79. The van der Waals surface area contributed by atoms with Crippen LogP contribution in [0.5, 0.6) is 0 Å². The van der Waals surface area contributed by atoms with Crippen molar-refractivity contribution in [1.82, 2.24) is 0 Å². The van der Waals surface area contributed by atoms with Crippen molar-refractivity contribution in [2.45, 2.75) is 85.0 Å². The normalized spacial score (nSPS) is 12.9. The maximum atomic E-state index is 10.7. The molecule has 0 bridgehead atoms. The molecule has 0 aromatic carbocycles. The van der Waals surface area contributed by atoms with E-state index in [4.69, 9.17) is 5.11 Å². The van der Waals surface area contributed by atoms with Crippen LogP contribution in [-0.4, -0.2) is 11.1 Å². The molecule has 0 heterocycles. The Morgan fingerprint density at radius 1 is 0.944 bits per heavy atom. The Bertz CT molecular complexity index is 199. The van der Waals surface area contributed by atoms with Gasteiger partial charge in [0.15, 0.2) is 0 Å². The molecule has 0 saturated carbocycles. The number of carboxylic acid groups (broad SMARTS) is 1. The molecule has 0 aliphatic heterocycles. The van der Waals surface area contributed by atoms with Crippen molar-refractivity contribution in [2.24, 2.45) is 11.8 Å². The van der Waals surface area contributed by atoms with Gasteiger partial charge < -0.3 is 5.11 Å². The fraction of sp³-hybridized carbons (Fsp3) is 0.938. The Kier molecular flexibility index (Phi) is 11.2. The van der Waals surface area contributed by atoms with Crippen LogP contribution in [0.1, 0.15) is 85.0 Å². The zero-order valence-corrected chi connectivity index (χ0v) is 12.6. The van der Waals surface area contributed by atoms with E-state index in [-0.39, 0.29) is 0 Å². The van der Waals surface area contributed by atoms with Gasteiger partial charge in [-0.1, -0.05) is 72.1 Å². The van der Waals surface area contributed by atoms with Crippen molar-refractivity contribution < 1.29 is 9.90 Å². The van der Waals surface area contributed by atoms with E-state index in [2.05, 4.69) is 20.8 Å². The van der Waals surface area contributed by atoms with E-state index in [1.807, 2.05) is 0 Å². The summed E-state index contributed by atoms with van der Waals surface area (Å²) in [5.41, 5.74) is 0. The van der Waals surface area contributed by atoms with Crippen LogP contribution in [0, 0.1) is 11.8 Å². The Balaban J connectivity index is 3.46. The molecule has 0 aromatic rings. The van der Waals surface area contributed by atoms with Crippen molar-refractivity contribution in [3.05, 3.63) is 0 Å². The topological polar surface area (TPSA) is 37.3 Å².